The summed E-state index contributed by atoms with van der Waals surface area (Å²) in [4.78, 5) is 2.21. The highest BCUT2D eigenvalue weighted by atomic mass is 16.5. The van der Waals surface area contributed by atoms with E-state index in [-0.39, 0.29) is 5.41 Å². The van der Waals surface area contributed by atoms with Gasteiger partial charge in [-0.1, -0.05) is 0 Å². The van der Waals surface area contributed by atoms with Gasteiger partial charge in [0.2, 0.25) is 0 Å². The maximum Gasteiger partial charge on any atom is 0.0718 e. The van der Waals surface area contributed by atoms with Crippen LogP contribution in [0.2, 0.25) is 0 Å². The number of hydrogen-bond acceptors (Lipinski definition) is 4. The van der Waals surface area contributed by atoms with Gasteiger partial charge < -0.3 is 20.1 Å². The van der Waals surface area contributed by atoms with Crippen molar-refractivity contribution in [3.63, 3.8) is 0 Å². The molecule has 4 nitrogen and oxygen atoms in total. The molecule has 1 saturated heterocycles. The van der Waals surface area contributed by atoms with E-state index in [0.717, 1.165) is 32.7 Å². The number of nitrogens with one attached hydrogen (secondary N) is 1. The fourth-order valence-corrected chi connectivity index (χ4v) is 2.89. The molecule has 1 heterocycles. The topological polar surface area (TPSA) is 44.7 Å². The van der Waals surface area contributed by atoms with E-state index in [2.05, 4.69) is 17.3 Å². The molecule has 1 rings (SSSR count). The molecule has 1 aliphatic heterocycles. The smallest absolute Gasteiger partial charge is 0.0718 e. The molecule has 1 atom stereocenters. The molecule has 0 bridgehead atoms. The van der Waals surface area contributed by atoms with Crippen LogP contribution in [0.15, 0.2) is 0 Å². The number of ether oxygens (including phenoxy) is 1. The van der Waals surface area contributed by atoms with Crippen LogP contribution in [0.5, 0.6) is 0 Å². The highest BCUT2D eigenvalue weighted by Gasteiger charge is 2.34. The van der Waals surface area contributed by atoms with Crippen LogP contribution < -0.4 is 5.32 Å². The fraction of sp³-hybridized carbons (Fsp3) is 1.00. The molecule has 1 unspecified atom stereocenters. The standard InChI is InChI=1S/C13H28N2O2/c1-12(2,16)9-15(4)10-13(8-14-3)6-5-7-17-11-13/h14,16H,5-11H2,1-4H3. The van der Waals surface area contributed by atoms with Gasteiger partial charge in [-0.05, 0) is 40.8 Å². The lowest BCUT2D eigenvalue weighted by Crippen LogP contribution is -2.49. The zero-order valence-corrected chi connectivity index (χ0v) is 11.8. The zero-order chi connectivity index (χ0) is 12.9. The maximum atomic E-state index is 9.84. The molecule has 0 saturated carbocycles. The van der Waals surface area contributed by atoms with Gasteiger partial charge in [0.1, 0.15) is 0 Å². The Hall–Kier alpha value is -0.160. The largest absolute Gasteiger partial charge is 0.389 e. The monoisotopic (exact) mass is 244 g/mol. The molecule has 0 aromatic heterocycles. The second-order valence-corrected chi connectivity index (χ2v) is 6.17. The van der Waals surface area contributed by atoms with Crippen molar-refractivity contribution in [1.82, 2.24) is 10.2 Å². The summed E-state index contributed by atoms with van der Waals surface area (Å²) in [5.74, 6) is 0. The van der Waals surface area contributed by atoms with Gasteiger partial charge >= 0.3 is 0 Å². The van der Waals surface area contributed by atoms with Crippen LogP contribution in [-0.4, -0.2) is 62.6 Å². The molecule has 2 N–H and O–H groups in total. The lowest BCUT2D eigenvalue weighted by atomic mass is 9.81. The van der Waals surface area contributed by atoms with Crippen LogP contribution in [0.3, 0.4) is 0 Å². The number of hydrogen-bond donors (Lipinski definition) is 2. The Morgan fingerprint density at radius 3 is 2.65 bits per heavy atom. The molecule has 17 heavy (non-hydrogen) atoms. The Morgan fingerprint density at radius 2 is 2.18 bits per heavy atom. The van der Waals surface area contributed by atoms with Gasteiger partial charge in [0.15, 0.2) is 0 Å². The van der Waals surface area contributed by atoms with E-state index in [1.54, 1.807) is 0 Å². The lowest BCUT2D eigenvalue weighted by Gasteiger charge is -2.41. The van der Waals surface area contributed by atoms with Gasteiger partial charge in [0.25, 0.3) is 0 Å². The van der Waals surface area contributed by atoms with Gasteiger partial charge in [-0.15, -0.1) is 0 Å². The van der Waals surface area contributed by atoms with Crippen LogP contribution in [0.4, 0.5) is 0 Å². The van der Waals surface area contributed by atoms with E-state index < -0.39 is 5.60 Å². The molecule has 4 heteroatoms. The second-order valence-electron chi connectivity index (χ2n) is 6.17. The van der Waals surface area contributed by atoms with Crippen molar-refractivity contribution in [3.05, 3.63) is 0 Å². The number of likely N-dealkylation sites (N-methyl/N-ethyl adjacent to an activating group) is 1. The molecular formula is C13H28N2O2. The van der Waals surface area contributed by atoms with Gasteiger partial charge in [0.05, 0.1) is 12.2 Å². The van der Waals surface area contributed by atoms with Gasteiger partial charge in [-0.25, -0.2) is 0 Å². The highest BCUT2D eigenvalue weighted by Crippen LogP contribution is 2.29. The van der Waals surface area contributed by atoms with Gasteiger partial charge in [-0.3, -0.25) is 0 Å². The minimum Gasteiger partial charge on any atom is -0.389 e. The summed E-state index contributed by atoms with van der Waals surface area (Å²) in [6, 6.07) is 0. The zero-order valence-electron chi connectivity index (χ0n) is 11.8. The Bertz CT molecular complexity index is 214. The molecule has 0 amide bonds. The Labute approximate surface area is 105 Å². The van der Waals surface area contributed by atoms with Crippen LogP contribution in [0.1, 0.15) is 26.7 Å². The first-order chi connectivity index (χ1) is 7.87. The van der Waals surface area contributed by atoms with E-state index in [1.165, 1.54) is 6.42 Å². The first-order valence-corrected chi connectivity index (χ1v) is 6.50. The summed E-state index contributed by atoms with van der Waals surface area (Å²) >= 11 is 0. The molecule has 0 aliphatic carbocycles. The molecule has 102 valence electrons. The van der Waals surface area contributed by atoms with Gasteiger partial charge in [-0.2, -0.15) is 0 Å². The third-order valence-corrected chi connectivity index (χ3v) is 3.22. The average Bonchev–Trinajstić information content (AvgIpc) is 2.15. The van der Waals surface area contributed by atoms with Crippen molar-refractivity contribution in [2.24, 2.45) is 5.41 Å². The van der Waals surface area contributed by atoms with E-state index >= 15 is 0 Å². The SMILES string of the molecule is CNCC1(CN(C)CC(C)(C)O)CCCOC1. The van der Waals surface area contributed by atoms with Crippen molar-refractivity contribution in [3.8, 4) is 0 Å². The molecule has 0 aromatic carbocycles. The summed E-state index contributed by atoms with van der Waals surface area (Å²) in [5.41, 5.74) is -0.432. The van der Waals surface area contributed by atoms with Crippen molar-refractivity contribution in [2.45, 2.75) is 32.3 Å². The second kappa shape index (κ2) is 6.14. The Morgan fingerprint density at radius 1 is 1.47 bits per heavy atom. The molecule has 0 radical (unpaired) electrons. The normalized spacial score (nSPS) is 26.5. The van der Waals surface area contributed by atoms with Crippen molar-refractivity contribution >= 4 is 0 Å². The van der Waals surface area contributed by atoms with E-state index in [4.69, 9.17) is 4.74 Å². The summed E-state index contributed by atoms with van der Waals surface area (Å²) in [7, 11) is 4.07. The van der Waals surface area contributed by atoms with E-state index in [9.17, 15) is 5.11 Å². The predicted molar refractivity (Wildman–Crippen MR) is 70.2 cm³/mol. The third-order valence-electron chi connectivity index (χ3n) is 3.22. The minimum absolute atomic E-state index is 0.201. The van der Waals surface area contributed by atoms with E-state index in [1.807, 2.05) is 20.9 Å². The first-order valence-electron chi connectivity index (χ1n) is 6.50. The summed E-state index contributed by atoms with van der Waals surface area (Å²) in [6.45, 7) is 8.06. The van der Waals surface area contributed by atoms with Gasteiger partial charge in [0, 0.05) is 31.7 Å². The van der Waals surface area contributed by atoms with Crippen molar-refractivity contribution < 1.29 is 9.84 Å². The molecular weight excluding hydrogens is 216 g/mol. The maximum absolute atomic E-state index is 9.84. The predicted octanol–water partition coefficient (Wildman–Crippen LogP) is 0.705. The van der Waals surface area contributed by atoms with Crippen LogP contribution in [-0.2, 0) is 4.74 Å². The Balaban J connectivity index is 2.53. The molecule has 1 fully saturated rings. The number of rotatable bonds is 6. The number of aliphatic hydroxyl groups is 1. The average molecular weight is 244 g/mol. The summed E-state index contributed by atoms with van der Waals surface area (Å²) in [5, 5.41) is 13.1. The highest BCUT2D eigenvalue weighted by molar-refractivity contribution is 4.87. The van der Waals surface area contributed by atoms with Crippen molar-refractivity contribution in [1.29, 1.82) is 0 Å². The quantitative estimate of drug-likeness (QED) is 0.722. The fourth-order valence-electron chi connectivity index (χ4n) is 2.89. The first kappa shape index (κ1) is 14.9. The van der Waals surface area contributed by atoms with E-state index in [0.29, 0.717) is 6.54 Å². The molecule has 0 spiro atoms. The summed E-state index contributed by atoms with van der Waals surface area (Å²) < 4.78 is 5.64. The summed E-state index contributed by atoms with van der Waals surface area (Å²) in [6.07, 6.45) is 2.34. The minimum atomic E-state index is -0.634. The van der Waals surface area contributed by atoms with Crippen LogP contribution >= 0.6 is 0 Å². The lowest BCUT2D eigenvalue weighted by molar-refractivity contribution is -0.0346. The number of nitrogens with zero attached hydrogens (tertiary/aromatic N) is 1. The van der Waals surface area contributed by atoms with Crippen LogP contribution in [0, 0.1) is 5.41 Å². The van der Waals surface area contributed by atoms with Crippen molar-refractivity contribution in [2.75, 3.05) is 46.9 Å². The van der Waals surface area contributed by atoms with Crippen LogP contribution in [0.25, 0.3) is 0 Å². The third kappa shape index (κ3) is 5.34. The Kier molecular flexibility index (Phi) is 5.38. The molecule has 0 aromatic rings. The molecule has 1 aliphatic rings.